The minimum absolute atomic E-state index is 0.120. The van der Waals surface area contributed by atoms with E-state index in [9.17, 15) is 9.90 Å². The van der Waals surface area contributed by atoms with Crippen molar-refractivity contribution < 1.29 is 9.90 Å². The Bertz CT molecular complexity index is 246. The molecular formula is C12H23NO2. The molecule has 0 radical (unpaired) electrons. The summed E-state index contributed by atoms with van der Waals surface area (Å²) in [6.07, 6.45) is 2.82. The topological polar surface area (TPSA) is 40.5 Å². The summed E-state index contributed by atoms with van der Waals surface area (Å²) in [5.74, 6) is -0.645. The van der Waals surface area contributed by atoms with E-state index in [0.717, 1.165) is 32.4 Å². The standard InChI is InChI=1S/C12H23NO2/c1-5-13(6-2)12(10(14)15)9-7-8-11(12,3)4/h5-9H2,1-4H3,(H,14,15). The molecule has 0 spiro atoms. The Morgan fingerprint density at radius 1 is 1.27 bits per heavy atom. The molecule has 0 aromatic heterocycles. The van der Waals surface area contributed by atoms with Crippen molar-refractivity contribution in [2.45, 2.75) is 52.5 Å². The Morgan fingerprint density at radius 2 is 1.80 bits per heavy atom. The first kappa shape index (κ1) is 12.5. The fourth-order valence-corrected chi connectivity index (χ4v) is 3.21. The summed E-state index contributed by atoms with van der Waals surface area (Å²) in [7, 11) is 0. The molecule has 1 N–H and O–H groups in total. The molecule has 3 nitrogen and oxygen atoms in total. The van der Waals surface area contributed by atoms with E-state index in [1.165, 1.54) is 0 Å². The van der Waals surface area contributed by atoms with E-state index >= 15 is 0 Å². The van der Waals surface area contributed by atoms with Gasteiger partial charge in [0.15, 0.2) is 0 Å². The van der Waals surface area contributed by atoms with Crippen molar-refractivity contribution in [3.63, 3.8) is 0 Å². The van der Waals surface area contributed by atoms with Gasteiger partial charge in [-0.15, -0.1) is 0 Å². The summed E-state index contributed by atoms with van der Waals surface area (Å²) in [6.45, 7) is 9.89. The summed E-state index contributed by atoms with van der Waals surface area (Å²) >= 11 is 0. The quantitative estimate of drug-likeness (QED) is 0.779. The smallest absolute Gasteiger partial charge is 0.324 e. The van der Waals surface area contributed by atoms with Crippen LogP contribution >= 0.6 is 0 Å². The zero-order valence-corrected chi connectivity index (χ0v) is 10.3. The molecule has 0 bridgehead atoms. The normalized spacial score (nSPS) is 29.7. The van der Waals surface area contributed by atoms with Gasteiger partial charge in [0.25, 0.3) is 0 Å². The highest BCUT2D eigenvalue weighted by molar-refractivity contribution is 5.80. The van der Waals surface area contributed by atoms with Gasteiger partial charge in [-0.1, -0.05) is 34.1 Å². The van der Waals surface area contributed by atoms with Gasteiger partial charge in [0.05, 0.1) is 0 Å². The number of nitrogens with zero attached hydrogens (tertiary/aromatic N) is 1. The van der Waals surface area contributed by atoms with Crippen LogP contribution in [0, 0.1) is 5.41 Å². The zero-order valence-electron chi connectivity index (χ0n) is 10.3. The molecule has 1 unspecified atom stereocenters. The third-order valence-corrected chi connectivity index (χ3v) is 4.12. The summed E-state index contributed by atoms with van der Waals surface area (Å²) < 4.78 is 0. The van der Waals surface area contributed by atoms with Crippen molar-refractivity contribution in [3.8, 4) is 0 Å². The number of likely N-dealkylation sites (N-methyl/N-ethyl adjacent to an activating group) is 1. The van der Waals surface area contributed by atoms with Crippen LogP contribution in [0.15, 0.2) is 0 Å². The highest BCUT2D eigenvalue weighted by Crippen LogP contribution is 2.49. The lowest BCUT2D eigenvalue weighted by Gasteiger charge is -2.45. The van der Waals surface area contributed by atoms with Crippen molar-refractivity contribution in [2.24, 2.45) is 5.41 Å². The van der Waals surface area contributed by atoms with E-state index in [4.69, 9.17) is 0 Å². The molecule has 0 aliphatic heterocycles. The molecule has 0 heterocycles. The first-order chi connectivity index (χ1) is 6.92. The second-order valence-corrected chi connectivity index (χ2v) is 5.08. The van der Waals surface area contributed by atoms with Crippen LogP contribution in [0.25, 0.3) is 0 Å². The van der Waals surface area contributed by atoms with Crippen LogP contribution in [-0.4, -0.2) is 34.6 Å². The summed E-state index contributed by atoms with van der Waals surface area (Å²) in [5.41, 5.74) is -0.763. The molecule has 1 aliphatic carbocycles. The van der Waals surface area contributed by atoms with E-state index in [2.05, 4.69) is 18.7 Å². The van der Waals surface area contributed by atoms with Gasteiger partial charge in [0.1, 0.15) is 5.54 Å². The number of carboxylic acid groups (broad SMARTS) is 1. The molecule has 88 valence electrons. The Morgan fingerprint density at radius 3 is 2.07 bits per heavy atom. The van der Waals surface area contributed by atoms with Crippen LogP contribution in [0.5, 0.6) is 0 Å². The zero-order chi connectivity index (χ0) is 11.7. The molecule has 0 aromatic carbocycles. The average Bonchev–Trinajstić information content (AvgIpc) is 2.45. The summed E-state index contributed by atoms with van der Waals surface area (Å²) in [4.78, 5) is 13.8. The number of aliphatic carboxylic acids is 1. The Hall–Kier alpha value is -0.570. The van der Waals surface area contributed by atoms with Crippen molar-refractivity contribution in [1.82, 2.24) is 4.90 Å². The summed E-state index contributed by atoms with van der Waals surface area (Å²) in [5, 5.41) is 9.59. The van der Waals surface area contributed by atoms with Crippen LogP contribution in [0.1, 0.15) is 47.0 Å². The van der Waals surface area contributed by atoms with Crippen molar-refractivity contribution >= 4 is 5.97 Å². The first-order valence-electron chi connectivity index (χ1n) is 5.91. The van der Waals surface area contributed by atoms with Crippen LogP contribution in [0.2, 0.25) is 0 Å². The number of carboxylic acids is 1. The Labute approximate surface area is 92.5 Å². The third-order valence-electron chi connectivity index (χ3n) is 4.12. The van der Waals surface area contributed by atoms with E-state index < -0.39 is 11.5 Å². The van der Waals surface area contributed by atoms with Crippen LogP contribution < -0.4 is 0 Å². The lowest BCUT2D eigenvalue weighted by atomic mass is 9.73. The maximum atomic E-state index is 11.7. The highest BCUT2D eigenvalue weighted by atomic mass is 16.4. The van der Waals surface area contributed by atoms with Crippen molar-refractivity contribution in [2.75, 3.05) is 13.1 Å². The van der Waals surface area contributed by atoms with Gasteiger partial charge in [-0.05, 0) is 31.3 Å². The van der Waals surface area contributed by atoms with Gasteiger partial charge in [-0.2, -0.15) is 0 Å². The van der Waals surface area contributed by atoms with E-state index in [1.54, 1.807) is 0 Å². The van der Waals surface area contributed by atoms with Crippen LogP contribution in [0.3, 0.4) is 0 Å². The van der Waals surface area contributed by atoms with Gasteiger partial charge in [0, 0.05) is 0 Å². The molecule has 1 saturated carbocycles. The SMILES string of the molecule is CCN(CC)C1(C(=O)O)CCCC1(C)C. The summed E-state index contributed by atoms with van der Waals surface area (Å²) in [6, 6.07) is 0. The van der Waals surface area contributed by atoms with Crippen molar-refractivity contribution in [3.05, 3.63) is 0 Å². The second-order valence-electron chi connectivity index (χ2n) is 5.08. The predicted molar refractivity (Wildman–Crippen MR) is 60.9 cm³/mol. The molecule has 1 fully saturated rings. The Kier molecular flexibility index (Phi) is 3.44. The van der Waals surface area contributed by atoms with Crippen molar-refractivity contribution in [1.29, 1.82) is 0 Å². The maximum absolute atomic E-state index is 11.7. The molecule has 1 rings (SSSR count). The molecule has 0 saturated heterocycles. The van der Waals surface area contributed by atoms with E-state index in [-0.39, 0.29) is 5.41 Å². The number of hydrogen-bond acceptors (Lipinski definition) is 2. The largest absolute Gasteiger partial charge is 0.480 e. The molecule has 0 aromatic rings. The molecular weight excluding hydrogens is 190 g/mol. The monoisotopic (exact) mass is 213 g/mol. The number of carbonyl (C=O) groups is 1. The van der Waals surface area contributed by atoms with Gasteiger partial charge >= 0.3 is 5.97 Å². The molecule has 1 atom stereocenters. The molecule has 0 amide bonds. The van der Waals surface area contributed by atoms with Crippen LogP contribution in [-0.2, 0) is 4.79 Å². The number of hydrogen-bond donors (Lipinski definition) is 1. The Balaban J connectivity index is 3.13. The predicted octanol–water partition coefficient (Wildman–Crippen LogP) is 2.36. The van der Waals surface area contributed by atoms with Gasteiger partial charge in [-0.3, -0.25) is 9.69 Å². The fourth-order valence-electron chi connectivity index (χ4n) is 3.21. The lowest BCUT2D eigenvalue weighted by Crippen LogP contribution is -2.60. The number of rotatable bonds is 4. The molecule has 15 heavy (non-hydrogen) atoms. The maximum Gasteiger partial charge on any atom is 0.324 e. The van der Waals surface area contributed by atoms with Gasteiger partial charge < -0.3 is 5.11 Å². The van der Waals surface area contributed by atoms with Gasteiger partial charge in [-0.25, -0.2) is 0 Å². The van der Waals surface area contributed by atoms with E-state index in [0.29, 0.717) is 0 Å². The van der Waals surface area contributed by atoms with Crippen LogP contribution in [0.4, 0.5) is 0 Å². The fraction of sp³-hybridized carbons (Fsp3) is 0.917. The molecule has 1 aliphatic rings. The minimum Gasteiger partial charge on any atom is -0.480 e. The van der Waals surface area contributed by atoms with E-state index in [1.807, 2.05) is 13.8 Å². The van der Waals surface area contributed by atoms with Gasteiger partial charge in [0.2, 0.25) is 0 Å². The highest BCUT2D eigenvalue weighted by Gasteiger charge is 2.57. The lowest BCUT2D eigenvalue weighted by molar-refractivity contribution is -0.158. The molecule has 3 heteroatoms. The minimum atomic E-state index is -0.645. The second kappa shape index (κ2) is 4.12. The third kappa shape index (κ3) is 1.67. The first-order valence-corrected chi connectivity index (χ1v) is 5.91. The average molecular weight is 213 g/mol.